The van der Waals surface area contributed by atoms with Crippen molar-refractivity contribution in [3.63, 3.8) is 0 Å². The highest BCUT2D eigenvalue weighted by Gasteiger charge is 2.21. The number of esters is 2. The molecule has 0 spiro atoms. The second kappa shape index (κ2) is 18.9. The molecular weight excluding hydrogens is 592 g/mol. The molecule has 0 saturated carbocycles. The highest BCUT2D eigenvalue weighted by atomic mass is 16.6. The fourth-order valence-corrected chi connectivity index (χ4v) is 3.97. The predicted octanol–water partition coefficient (Wildman–Crippen LogP) is 4.96. The Hall–Kier alpha value is -4.74. The number of hydrogen-bond acceptors (Lipinski definition) is 10. The first-order valence-corrected chi connectivity index (χ1v) is 14.8. The maximum Gasteiger partial charge on any atom is 0.313 e. The molecule has 0 heterocycles. The van der Waals surface area contributed by atoms with Gasteiger partial charge in [0.05, 0.1) is 31.7 Å². The van der Waals surface area contributed by atoms with Crippen LogP contribution in [0.5, 0.6) is 23.0 Å². The Kier molecular flexibility index (Phi) is 14.7. The molecule has 10 nitrogen and oxygen atoms in total. The lowest BCUT2D eigenvalue weighted by Gasteiger charge is -2.17. The molecule has 4 aromatic rings. The molecule has 3 atom stereocenters. The van der Waals surface area contributed by atoms with Gasteiger partial charge in [-0.05, 0) is 73.5 Å². The van der Waals surface area contributed by atoms with Crippen molar-refractivity contribution < 1.29 is 49.0 Å². The van der Waals surface area contributed by atoms with Gasteiger partial charge in [0.25, 0.3) is 0 Å². The SMILES string of the molecule is CC(C(=O)OC(CO)CO)c1cccc(Oc2ccccc2)c1.CC(C(=O)OCC(O)CO)c1cccc(Oc2ccccc2)c1. The quantitative estimate of drug-likeness (QED) is 0.140. The van der Waals surface area contributed by atoms with Crippen molar-refractivity contribution in [1.82, 2.24) is 0 Å². The van der Waals surface area contributed by atoms with Crippen LogP contribution >= 0.6 is 0 Å². The van der Waals surface area contributed by atoms with Crippen LogP contribution in [0.15, 0.2) is 109 Å². The van der Waals surface area contributed by atoms with Crippen molar-refractivity contribution in [2.45, 2.75) is 37.9 Å². The minimum atomic E-state index is -1.06. The highest BCUT2D eigenvalue weighted by Crippen LogP contribution is 2.27. The van der Waals surface area contributed by atoms with E-state index in [0.29, 0.717) is 23.0 Å². The number of carbonyl (C=O) groups is 2. The molecule has 0 aliphatic rings. The van der Waals surface area contributed by atoms with Crippen LogP contribution in [-0.4, -0.2) is 71.0 Å². The first-order valence-electron chi connectivity index (χ1n) is 14.8. The zero-order chi connectivity index (χ0) is 33.3. The number of para-hydroxylation sites is 2. The van der Waals surface area contributed by atoms with E-state index in [9.17, 15) is 14.7 Å². The Balaban J connectivity index is 0.000000250. The zero-order valence-corrected chi connectivity index (χ0v) is 25.8. The van der Waals surface area contributed by atoms with Crippen molar-refractivity contribution in [3.8, 4) is 23.0 Å². The molecule has 0 aliphatic heterocycles. The van der Waals surface area contributed by atoms with Gasteiger partial charge in [-0.15, -0.1) is 0 Å². The average molecular weight is 633 g/mol. The number of hydrogen-bond donors (Lipinski definition) is 4. The maximum atomic E-state index is 12.1. The normalized spacial score (nSPS) is 12.6. The van der Waals surface area contributed by atoms with Crippen LogP contribution in [0.4, 0.5) is 0 Å². The van der Waals surface area contributed by atoms with E-state index in [-0.39, 0.29) is 6.61 Å². The van der Waals surface area contributed by atoms with Gasteiger partial charge in [0.1, 0.15) is 41.8 Å². The van der Waals surface area contributed by atoms with E-state index in [1.807, 2.05) is 72.8 Å². The largest absolute Gasteiger partial charge is 0.462 e. The van der Waals surface area contributed by atoms with Crippen LogP contribution in [0.1, 0.15) is 36.8 Å². The van der Waals surface area contributed by atoms with E-state index >= 15 is 0 Å². The molecule has 46 heavy (non-hydrogen) atoms. The smallest absolute Gasteiger partial charge is 0.313 e. The van der Waals surface area contributed by atoms with Crippen LogP contribution < -0.4 is 9.47 Å². The van der Waals surface area contributed by atoms with Gasteiger partial charge in [-0.2, -0.15) is 0 Å². The molecule has 0 fully saturated rings. The first-order chi connectivity index (χ1) is 22.2. The van der Waals surface area contributed by atoms with Crippen LogP contribution in [0.3, 0.4) is 0 Å². The lowest BCUT2D eigenvalue weighted by molar-refractivity contribution is -0.154. The fraction of sp³-hybridized carbons (Fsp3) is 0.278. The molecule has 4 rings (SSSR count). The van der Waals surface area contributed by atoms with Gasteiger partial charge in [-0.3, -0.25) is 9.59 Å². The monoisotopic (exact) mass is 632 g/mol. The summed E-state index contributed by atoms with van der Waals surface area (Å²) in [5, 5.41) is 35.9. The molecule has 0 saturated heterocycles. The number of rotatable bonds is 14. The summed E-state index contributed by atoms with van der Waals surface area (Å²) in [5.74, 6) is 0.670. The van der Waals surface area contributed by atoms with Gasteiger partial charge in [-0.1, -0.05) is 60.7 Å². The summed E-state index contributed by atoms with van der Waals surface area (Å²) in [7, 11) is 0. The molecule has 0 bridgehead atoms. The van der Waals surface area contributed by atoms with Gasteiger partial charge in [0.15, 0.2) is 0 Å². The average Bonchev–Trinajstić information content (AvgIpc) is 3.10. The number of aliphatic hydroxyl groups excluding tert-OH is 4. The predicted molar refractivity (Wildman–Crippen MR) is 171 cm³/mol. The summed E-state index contributed by atoms with van der Waals surface area (Å²) in [6, 6.07) is 33.1. The van der Waals surface area contributed by atoms with Crippen molar-refractivity contribution >= 4 is 11.9 Å². The summed E-state index contributed by atoms with van der Waals surface area (Å²) in [6.07, 6.45) is -1.95. The highest BCUT2D eigenvalue weighted by molar-refractivity contribution is 5.78. The van der Waals surface area contributed by atoms with E-state index in [0.717, 1.165) is 11.1 Å². The Labute approximate surface area is 268 Å². The van der Waals surface area contributed by atoms with Crippen molar-refractivity contribution in [1.29, 1.82) is 0 Å². The second-order valence-electron chi connectivity index (χ2n) is 10.3. The Bertz CT molecular complexity index is 1470. The van der Waals surface area contributed by atoms with Gasteiger partial charge in [0, 0.05) is 0 Å². The summed E-state index contributed by atoms with van der Waals surface area (Å²) in [4.78, 5) is 24.0. The third-order valence-electron chi connectivity index (χ3n) is 6.70. The third kappa shape index (κ3) is 11.6. The molecule has 10 heteroatoms. The van der Waals surface area contributed by atoms with Crippen molar-refractivity contribution in [3.05, 3.63) is 120 Å². The van der Waals surface area contributed by atoms with E-state index in [1.165, 1.54) is 0 Å². The van der Waals surface area contributed by atoms with E-state index in [4.69, 9.17) is 34.3 Å². The van der Waals surface area contributed by atoms with E-state index in [1.54, 1.807) is 50.2 Å². The van der Waals surface area contributed by atoms with E-state index in [2.05, 4.69) is 0 Å². The van der Waals surface area contributed by atoms with E-state index < -0.39 is 55.8 Å². The minimum Gasteiger partial charge on any atom is -0.462 e. The standard InChI is InChI=1S/2C18H20O5/c1-13(18(21)22-12-15(20)11-19)14-6-5-9-17(10-14)23-16-7-3-2-4-8-16;1-13(18(21)23-17(11-19)12-20)14-6-5-9-16(10-14)22-15-7-3-2-4-8-15/h2-10,13,15,19-20H,11-12H2,1H3;2-10,13,17,19-20H,11-12H2,1H3. The molecule has 4 aromatic carbocycles. The number of aliphatic hydroxyl groups is 4. The van der Waals surface area contributed by atoms with Crippen molar-refractivity contribution in [2.24, 2.45) is 0 Å². The molecule has 0 aliphatic carbocycles. The van der Waals surface area contributed by atoms with Crippen LogP contribution in [0.2, 0.25) is 0 Å². The summed E-state index contributed by atoms with van der Waals surface area (Å²) in [6.45, 7) is 1.94. The third-order valence-corrected chi connectivity index (χ3v) is 6.70. The Morgan fingerprint density at radius 1 is 0.587 bits per heavy atom. The molecule has 0 radical (unpaired) electrons. The van der Waals surface area contributed by atoms with Gasteiger partial charge in [0.2, 0.25) is 0 Å². The van der Waals surface area contributed by atoms with Crippen LogP contribution in [0, 0.1) is 0 Å². The molecule has 0 amide bonds. The van der Waals surface area contributed by atoms with Gasteiger partial charge < -0.3 is 39.4 Å². The zero-order valence-electron chi connectivity index (χ0n) is 25.8. The molecular formula is C36H40O10. The Morgan fingerprint density at radius 3 is 1.46 bits per heavy atom. The minimum absolute atomic E-state index is 0.222. The molecule has 0 aromatic heterocycles. The fourth-order valence-electron chi connectivity index (χ4n) is 3.97. The molecule has 244 valence electrons. The Morgan fingerprint density at radius 2 is 1.02 bits per heavy atom. The summed E-state index contributed by atoms with van der Waals surface area (Å²) >= 11 is 0. The topological polar surface area (TPSA) is 152 Å². The van der Waals surface area contributed by atoms with Gasteiger partial charge in [-0.25, -0.2) is 0 Å². The van der Waals surface area contributed by atoms with Crippen molar-refractivity contribution in [2.75, 3.05) is 26.4 Å². The summed E-state index contributed by atoms with van der Waals surface area (Å²) < 4.78 is 21.5. The first kappa shape index (κ1) is 35.7. The number of carbonyl (C=O) groups excluding carboxylic acids is 2. The number of ether oxygens (including phenoxy) is 4. The van der Waals surface area contributed by atoms with Crippen LogP contribution in [0.25, 0.3) is 0 Å². The van der Waals surface area contributed by atoms with Gasteiger partial charge >= 0.3 is 11.9 Å². The van der Waals surface area contributed by atoms with Crippen LogP contribution in [-0.2, 0) is 19.1 Å². The molecule has 4 N–H and O–H groups in total. The number of benzene rings is 4. The maximum absolute atomic E-state index is 12.1. The molecule has 3 unspecified atom stereocenters. The second-order valence-corrected chi connectivity index (χ2v) is 10.3. The lowest BCUT2D eigenvalue weighted by atomic mass is 10.0. The lowest BCUT2D eigenvalue weighted by Crippen LogP contribution is -2.27. The summed E-state index contributed by atoms with van der Waals surface area (Å²) in [5.41, 5.74) is 1.49.